The van der Waals surface area contributed by atoms with Gasteiger partial charge in [-0.25, -0.2) is 0 Å². The lowest BCUT2D eigenvalue weighted by Gasteiger charge is -2.34. The van der Waals surface area contributed by atoms with Gasteiger partial charge in [-0.05, 0) is 108 Å². The summed E-state index contributed by atoms with van der Waals surface area (Å²) in [6.45, 7) is 12.7. The number of rotatable bonds is 12. The lowest BCUT2D eigenvalue weighted by atomic mass is 9.72. The van der Waals surface area contributed by atoms with Crippen LogP contribution < -0.4 is 9.47 Å². The molecule has 0 heterocycles. The molecule has 1 fully saturated rings. The third-order valence-corrected chi connectivity index (χ3v) is 9.62. The van der Waals surface area contributed by atoms with Crippen LogP contribution in [0.4, 0.5) is 0 Å². The average Bonchev–Trinajstić information content (AvgIpc) is 3.02. The highest BCUT2D eigenvalue weighted by atomic mass is 16.7. The second kappa shape index (κ2) is 14.8. The zero-order valence-corrected chi connectivity index (χ0v) is 27.3. The van der Waals surface area contributed by atoms with E-state index in [0.29, 0.717) is 31.0 Å². The standard InChI is InChI=1S/C40H54O3/c1-29(2)28-38(40(3,4)5)33-20-24-35(25-21-33)43-39(37-17-11-15-32-14-9-10-16-36(32)37)42-27-26-41-34-22-18-31(19-23-34)30-12-7-6-8-13-30/h9-10,14,16,18-25,29-30,37-39H,6-8,11-13,15,17,26-28H2,1-5H3. The molecule has 0 aromatic heterocycles. The van der Waals surface area contributed by atoms with Gasteiger partial charge in [-0.3, -0.25) is 0 Å². The van der Waals surface area contributed by atoms with Gasteiger partial charge in [0.15, 0.2) is 0 Å². The zero-order valence-electron chi connectivity index (χ0n) is 27.3. The van der Waals surface area contributed by atoms with E-state index in [-0.39, 0.29) is 17.6 Å². The van der Waals surface area contributed by atoms with E-state index in [0.717, 1.165) is 30.8 Å². The first kappa shape index (κ1) is 31.6. The molecule has 0 radical (unpaired) electrons. The van der Waals surface area contributed by atoms with E-state index in [1.54, 1.807) is 0 Å². The fourth-order valence-electron chi connectivity index (χ4n) is 7.28. The van der Waals surface area contributed by atoms with Gasteiger partial charge in [-0.1, -0.05) is 102 Å². The smallest absolute Gasteiger partial charge is 0.206 e. The van der Waals surface area contributed by atoms with E-state index in [9.17, 15) is 0 Å². The van der Waals surface area contributed by atoms with Gasteiger partial charge >= 0.3 is 0 Å². The van der Waals surface area contributed by atoms with Crippen LogP contribution in [-0.4, -0.2) is 19.5 Å². The summed E-state index contributed by atoms with van der Waals surface area (Å²) in [4.78, 5) is 0. The Labute approximate surface area is 261 Å². The molecule has 3 atom stereocenters. The van der Waals surface area contributed by atoms with Crippen molar-refractivity contribution >= 4 is 0 Å². The highest BCUT2D eigenvalue weighted by molar-refractivity contribution is 5.35. The fourth-order valence-corrected chi connectivity index (χ4v) is 7.28. The predicted molar refractivity (Wildman–Crippen MR) is 178 cm³/mol. The summed E-state index contributed by atoms with van der Waals surface area (Å²) < 4.78 is 19.3. The van der Waals surface area contributed by atoms with Crippen LogP contribution >= 0.6 is 0 Å². The third-order valence-electron chi connectivity index (χ3n) is 9.62. The van der Waals surface area contributed by atoms with Crippen LogP contribution in [0.1, 0.15) is 126 Å². The van der Waals surface area contributed by atoms with Crippen molar-refractivity contribution in [1.82, 2.24) is 0 Å². The Morgan fingerprint density at radius 2 is 1.44 bits per heavy atom. The van der Waals surface area contributed by atoms with Crippen LogP contribution in [0.5, 0.6) is 11.5 Å². The van der Waals surface area contributed by atoms with Gasteiger partial charge in [-0.2, -0.15) is 0 Å². The Hall–Kier alpha value is -2.78. The highest BCUT2D eigenvalue weighted by Crippen LogP contribution is 2.41. The molecule has 0 saturated heterocycles. The van der Waals surface area contributed by atoms with Crippen molar-refractivity contribution < 1.29 is 14.2 Å². The Bertz CT molecular complexity index is 1250. The molecule has 232 valence electrons. The van der Waals surface area contributed by atoms with Crippen molar-refractivity contribution in [3.63, 3.8) is 0 Å². The maximum Gasteiger partial charge on any atom is 0.206 e. The van der Waals surface area contributed by atoms with E-state index in [1.807, 2.05) is 0 Å². The van der Waals surface area contributed by atoms with Crippen molar-refractivity contribution in [3.05, 3.63) is 95.1 Å². The first-order chi connectivity index (χ1) is 20.8. The molecule has 0 aliphatic heterocycles. The molecular formula is C40H54O3. The highest BCUT2D eigenvalue weighted by Gasteiger charge is 2.31. The number of aryl methyl sites for hydroxylation is 1. The minimum atomic E-state index is -0.362. The van der Waals surface area contributed by atoms with E-state index >= 15 is 0 Å². The molecule has 3 unspecified atom stereocenters. The number of hydrogen-bond donors (Lipinski definition) is 0. The summed E-state index contributed by atoms with van der Waals surface area (Å²) in [5.41, 5.74) is 5.83. The van der Waals surface area contributed by atoms with Gasteiger partial charge in [0.05, 0.1) is 6.61 Å². The summed E-state index contributed by atoms with van der Waals surface area (Å²) in [5.74, 6) is 3.85. The SMILES string of the molecule is CC(C)CC(c1ccc(OC(OCCOc2ccc(C3CCCCC3)cc2)C2CCCc3ccccc32)cc1)C(C)(C)C. The van der Waals surface area contributed by atoms with Gasteiger partial charge < -0.3 is 14.2 Å². The van der Waals surface area contributed by atoms with Crippen LogP contribution in [0.2, 0.25) is 0 Å². The maximum atomic E-state index is 6.67. The van der Waals surface area contributed by atoms with Crippen molar-refractivity contribution in [1.29, 1.82) is 0 Å². The van der Waals surface area contributed by atoms with Crippen LogP contribution in [-0.2, 0) is 11.2 Å². The molecule has 3 heteroatoms. The molecule has 0 amide bonds. The number of hydrogen-bond acceptors (Lipinski definition) is 3. The molecule has 2 aliphatic rings. The molecule has 3 aromatic rings. The number of benzene rings is 3. The van der Waals surface area contributed by atoms with Crippen molar-refractivity contribution in [3.8, 4) is 11.5 Å². The Balaban J connectivity index is 1.25. The molecule has 0 spiro atoms. The lowest BCUT2D eigenvalue weighted by Crippen LogP contribution is -2.32. The third kappa shape index (κ3) is 8.66. The minimum Gasteiger partial charge on any atom is -0.491 e. The number of ether oxygens (including phenoxy) is 3. The van der Waals surface area contributed by atoms with E-state index in [1.165, 1.54) is 60.8 Å². The molecular weight excluding hydrogens is 528 g/mol. The Morgan fingerprint density at radius 1 is 0.744 bits per heavy atom. The Kier molecular flexibility index (Phi) is 10.9. The molecule has 43 heavy (non-hydrogen) atoms. The van der Waals surface area contributed by atoms with E-state index in [2.05, 4.69) is 107 Å². The first-order valence-electron chi connectivity index (χ1n) is 17.0. The summed E-state index contributed by atoms with van der Waals surface area (Å²) in [6.07, 6.45) is 10.9. The van der Waals surface area contributed by atoms with Crippen LogP contribution in [0.15, 0.2) is 72.8 Å². The number of fused-ring (bicyclic) bond motifs is 1. The molecule has 5 rings (SSSR count). The molecule has 3 aromatic carbocycles. The molecule has 0 N–H and O–H groups in total. The van der Waals surface area contributed by atoms with Crippen LogP contribution in [0.3, 0.4) is 0 Å². The molecule has 0 bridgehead atoms. The van der Waals surface area contributed by atoms with Crippen molar-refractivity contribution in [2.24, 2.45) is 11.3 Å². The van der Waals surface area contributed by atoms with Crippen LogP contribution in [0.25, 0.3) is 0 Å². The average molecular weight is 583 g/mol. The van der Waals surface area contributed by atoms with Crippen molar-refractivity contribution in [2.75, 3.05) is 13.2 Å². The minimum absolute atomic E-state index is 0.197. The largest absolute Gasteiger partial charge is 0.491 e. The first-order valence-corrected chi connectivity index (χ1v) is 17.0. The predicted octanol–water partition coefficient (Wildman–Crippen LogP) is 10.8. The normalized spacial score (nSPS) is 19.1. The molecule has 2 aliphatic carbocycles. The summed E-state index contributed by atoms with van der Waals surface area (Å²) in [6, 6.07) is 26.4. The molecule has 3 nitrogen and oxygen atoms in total. The summed E-state index contributed by atoms with van der Waals surface area (Å²) >= 11 is 0. The quantitative estimate of drug-likeness (QED) is 0.157. The topological polar surface area (TPSA) is 27.7 Å². The van der Waals surface area contributed by atoms with Crippen molar-refractivity contribution in [2.45, 2.75) is 116 Å². The van der Waals surface area contributed by atoms with Gasteiger partial charge in [-0.15, -0.1) is 0 Å². The fraction of sp³-hybridized carbons (Fsp3) is 0.550. The van der Waals surface area contributed by atoms with Gasteiger partial charge in [0.2, 0.25) is 6.29 Å². The van der Waals surface area contributed by atoms with Gasteiger partial charge in [0.1, 0.15) is 18.1 Å². The second-order valence-electron chi connectivity index (χ2n) is 14.4. The van der Waals surface area contributed by atoms with E-state index < -0.39 is 0 Å². The second-order valence-corrected chi connectivity index (χ2v) is 14.4. The van der Waals surface area contributed by atoms with E-state index in [4.69, 9.17) is 14.2 Å². The monoisotopic (exact) mass is 582 g/mol. The molecule has 1 saturated carbocycles. The maximum absolute atomic E-state index is 6.67. The van der Waals surface area contributed by atoms with Gasteiger partial charge in [0.25, 0.3) is 0 Å². The summed E-state index contributed by atoms with van der Waals surface area (Å²) in [5, 5.41) is 0. The lowest BCUT2D eigenvalue weighted by molar-refractivity contribution is -0.105. The van der Waals surface area contributed by atoms with Crippen LogP contribution in [0, 0.1) is 11.3 Å². The van der Waals surface area contributed by atoms with Gasteiger partial charge in [0, 0.05) is 5.92 Å². The zero-order chi connectivity index (χ0) is 30.2. The summed E-state index contributed by atoms with van der Waals surface area (Å²) in [7, 11) is 0. The Morgan fingerprint density at radius 3 is 2.14 bits per heavy atom.